The molecule has 0 radical (unpaired) electrons. The molecule has 8 heteroatoms. The average molecular weight is 500 g/mol. The molecule has 0 saturated carbocycles. The second kappa shape index (κ2) is 9.30. The van der Waals surface area contributed by atoms with E-state index in [9.17, 15) is 9.59 Å². The van der Waals surface area contributed by atoms with E-state index in [1.807, 2.05) is 30.3 Å². The van der Waals surface area contributed by atoms with Gasteiger partial charge in [-0.1, -0.05) is 59.3 Å². The van der Waals surface area contributed by atoms with Crippen LogP contribution in [-0.2, 0) is 0 Å². The number of aromatic nitrogens is 1. The second-order valence-corrected chi connectivity index (χ2v) is 9.00. The zero-order valence-corrected chi connectivity index (χ0v) is 19.7. The van der Waals surface area contributed by atoms with Crippen molar-refractivity contribution in [3.63, 3.8) is 0 Å². The fourth-order valence-corrected chi connectivity index (χ4v) is 4.97. The number of thiazole rings is 1. The second-order valence-electron chi connectivity index (χ2n) is 7.08. The number of amides is 1. The smallest absolute Gasteiger partial charge is 0.349 e. The molecule has 31 heavy (non-hydrogen) atoms. The van der Waals surface area contributed by atoms with Crippen LogP contribution in [0.5, 0.6) is 0 Å². The molecule has 2 heterocycles. The van der Waals surface area contributed by atoms with E-state index in [0.29, 0.717) is 29.2 Å². The Bertz CT molecular complexity index is 1300. The summed E-state index contributed by atoms with van der Waals surface area (Å²) in [5.41, 5.74) is 0.650. The van der Waals surface area contributed by atoms with E-state index in [1.54, 1.807) is 23.1 Å². The summed E-state index contributed by atoms with van der Waals surface area (Å²) in [6.07, 6.45) is 0. The monoisotopic (exact) mass is 499 g/mol. The maximum atomic E-state index is 13.5. The Morgan fingerprint density at radius 3 is 2.65 bits per heavy atom. The highest BCUT2D eigenvalue weighted by atomic mass is 79.9. The molecule has 0 unspecified atom stereocenters. The van der Waals surface area contributed by atoms with Crippen LogP contribution in [-0.4, -0.2) is 42.0 Å². The quantitative estimate of drug-likeness (QED) is 0.328. The predicted octanol–water partition coefficient (Wildman–Crippen LogP) is 5.15. The summed E-state index contributed by atoms with van der Waals surface area (Å²) in [4.78, 5) is 34.7. The summed E-state index contributed by atoms with van der Waals surface area (Å²) >= 11 is 4.92. The van der Waals surface area contributed by atoms with E-state index in [-0.39, 0.29) is 5.56 Å². The van der Waals surface area contributed by atoms with Crippen LogP contribution >= 0.6 is 27.3 Å². The number of benzene rings is 2. The molecule has 0 fully saturated rings. The number of halogens is 1. The molecule has 0 bridgehead atoms. The molecule has 0 spiro atoms. The van der Waals surface area contributed by atoms with Crippen LogP contribution in [0.1, 0.15) is 24.2 Å². The van der Waals surface area contributed by atoms with Crippen molar-refractivity contribution in [1.82, 2.24) is 9.88 Å². The molecule has 2 aromatic carbocycles. The zero-order chi connectivity index (χ0) is 22.0. The summed E-state index contributed by atoms with van der Waals surface area (Å²) in [5, 5.41) is 1.28. The third kappa shape index (κ3) is 4.56. The maximum Gasteiger partial charge on any atom is 0.349 e. The lowest BCUT2D eigenvalue weighted by atomic mass is 10.1. The molecular weight excluding hydrogens is 478 g/mol. The highest BCUT2D eigenvalue weighted by molar-refractivity contribution is 9.10. The van der Waals surface area contributed by atoms with Crippen LogP contribution < -0.4 is 10.5 Å². The SMILES string of the molecule is CCN(CC)CCN(C(=O)c1cc2ccccc2oc1=O)c1nc2ccc(Br)cc2s1. The van der Waals surface area contributed by atoms with Gasteiger partial charge in [-0.15, -0.1) is 0 Å². The van der Waals surface area contributed by atoms with E-state index in [1.165, 1.54) is 11.3 Å². The van der Waals surface area contributed by atoms with Gasteiger partial charge in [-0.05, 0) is 43.4 Å². The number of para-hydroxylation sites is 1. The van der Waals surface area contributed by atoms with E-state index in [0.717, 1.165) is 27.8 Å². The van der Waals surface area contributed by atoms with Gasteiger partial charge in [0.15, 0.2) is 5.13 Å². The summed E-state index contributed by atoms with van der Waals surface area (Å²) in [6, 6.07) is 14.6. The number of likely N-dealkylation sites (N-methyl/N-ethyl adjacent to an activating group) is 1. The molecular formula is C23H22BrN3O3S. The summed E-state index contributed by atoms with van der Waals surface area (Å²) in [7, 11) is 0. The Balaban J connectivity index is 1.76. The number of carbonyl (C=O) groups is 1. The van der Waals surface area contributed by atoms with E-state index in [4.69, 9.17) is 4.42 Å². The summed E-state index contributed by atoms with van der Waals surface area (Å²) in [6.45, 7) is 7.03. The predicted molar refractivity (Wildman–Crippen MR) is 129 cm³/mol. The van der Waals surface area contributed by atoms with Crippen molar-refractivity contribution in [2.45, 2.75) is 13.8 Å². The van der Waals surface area contributed by atoms with Gasteiger partial charge in [0.05, 0.1) is 10.2 Å². The third-order valence-electron chi connectivity index (χ3n) is 5.22. The molecule has 160 valence electrons. The van der Waals surface area contributed by atoms with E-state index >= 15 is 0 Å². The van der Waals surface area contributed by atoms with Gasteiger partial charge in [0.25, 0.3) is 5.91 Å². The van der Waals surface area contributed by atoms with Crippen LogP contribution in [0.25, 0.3) is 21.2 Å². The number of fused-ring (bicyclic) bond motifs is 2. The van der Waals surface area contributed by atoms with Gasteiger partial charge in [-0.25, -0.2) is 9.78 Å². The Morgan fingerprint density at radius 1 is 1.10 bits per heavy atom. The number of carbonyl (C=O) groups excluding carboxylic acids is 1. The van der Waals surface area contributed by atoms with Gasteiger partial charge < -0.3 is 9.32 Å². The molecule has 0 aliphatic rings. The van der Waals surface area contributed by atoms with Gasteiger partial charge in [-0.2, -0.15) is 0 Å². The van der Waals surface area contributed by atoms with E-state index in [2.05, 4.69) is 39.7 Å². The van der Waals surface area contributed by atoms with Crippen LogP contribution in [0.3, 0.4) is 0 Å². The number of hydrogen-bond acceptors (Lipinski definition) is 6. The van der Waals surface area contributed by atoms with Crippen LogP contribution in [0.4, 0.5) is 5.13 Å². The van der Waals surface area contributed by atoms with Gasteiger partial charge in [0.2, 0.25) is 0 Å². The normalized spacial score (nSPS) is 11.5. The standard InChI is InChI=1S/C23H22BrN3O3S/c1-3-26(4-2)11-12-27(23-25-18-10-9-16(24)14-20(18)31-23)21(28)17-13-15-7-5-6-8-19(15)30-22(17)29/h5-10,13-14H,3-4,11-12H2,1-2H3. The van der Waals surface area contributed by atoms with Gasteiger partial charge in [0.1, 0.15) is 11.1 Å². The third-order valence-corrected chi connectivity index (χ3v) is 6.76. The Kier molecular flexibility index (Phi) is 6.50. The highest BCUT2D eigenvalue weighted by Gasteiger charge is 2.25. The topological polar surface area (TPSA) is 66.7 Å². The minimum atomic E-state index is -0.639. The van der Waals surface area contributed by atoms with Crippen LogP contribution in [0, 0.1) is 0 Å². The van der Waals surface area contributed by atoms with Crippen molar-refractivity contribution in [3.05, 3.63) is 69.0 Å². The van der Waals surface area contributed by atoms with Crippen molar-refractivity contribution in [3.8, 4) is 0 Å². The first-order valence-electron chi connectivity index (χ1n) is 10.1. The van der Waals surface area contributed by atoms with Crippen molar-refractivity contribution in [2.75, 3.05) is 31.1 Å². The van der Waals surface area contributed by atoms with E-state index < -0.39 is 11.5 Å². The summed E-state index contributed by atoms with van der Waals surface area (Å²) < 4.78 is 7.32. The van der Waals surface area contributed by atoms with Gasteiger partial charge >= 0.3 is 5.63 Å². The Labute approximate surface area is 192 Å². The Hall–Kier alpha value is -2.55. The van der Waals surface area contributed by atoms with Gasteiger partial charge in [-0.3, -0.25) is 9.69 Å². The molecule has 0 saturated heterocycles. The maximum absolute atomic E-state index is 13.5. The zero-order valence-electron chi connectivity index (χ0n) is 17.3. The van der Waals surface area contributed by atoms with Crippen molar-refractivity contribution in [2.24, 2.45) is 0 Å². The fraction of sp³-hybridized carbons (Fsp3) is 0.261. The molecule has 6 nitrogen and oxygen atoms in total. The minimum absolute atomic E-state index is 0.0127. The number of hydrogen-bond donors (Lipinski definition) is 0. The lowest BCUT2D eigenvalue weighted by Crippen LogP contribution is -2.40. The lowest BCUT2D eigenvalue weighted by Gasteiger charge is -2.24. The Morgan fingerprint density at radius 2 is 1.87 bits per heavy atom. The van der Waals surface area contributed by atoms with Gasteiger partial charge in [0, 0.05) is 22.9 Å². The minimum Gasteiger partial charge on any atom is -0.422 e. The molecule has 2 aromatic heterocycles. The molecule has 1 amide bonds. The first kappa shape index (κ1) is 21.7. The highest BCUT2D eigenvalue weighted by Crippen LogP contribution is 2.31. The van der Waals surface area contributed by atoms with Crippen molar-refractivity contribution < 1.29 is 9.21 Å². The number of anilines is 1. The number of rotatable bonds is 7. The summed E-state index contributed by atoms with van der Waals surface area (Å²) in [5.74, 6) is -0.398. The molecule has 4 aromatic rings. The molecule has 0 aliphatic heterocycles. The molecule has 0 N–H and O–H groups in total. The van der Waals surface area contributed by atoms with Crippen LogP contribution in [0.15, 0.2) is 62.2 Å². The van der Waals surface area contributed by atoms with Crippen molar-refractivity contribution in [1.29, 1.82) is 0 Å². The first-order chi connectivity index (χ1) is 15.0. The molecule has 0 atom stereocenters. The molecule has 0 aliphatic carbocycles. The first-order valence-corrected chi connectivity index (χ1v) is 11.7. The average Bonchev–Trinajstić information content (AvgIpc) is 3.18. The fourth-order valence-electron chi connectivity index (χ4n) is 3.42. The largest absolute Gasteiger partial charge is 0.422 e. The van der Waals surface area contributed by atoms with Crippen molar-refractivity contribution >= 4 is 59.5 Å². The lowest BCUT2D eigenvalue weighted by molar-refractivity contribution is 0.0980. The number of nitrogens with zero attached hydrogens (tertiary/aromatic N) is 3. The molecule has 4 rings (SSSR count). The van der Waals surface area contributed by atoms with Crippen LogP contribution in [0.2, 0.25) is 0 Å².